The van der Waals surface area contributed by atoms with Crippen LogP contribution in [0.4, 0.5) is 0 Å². The van der Waals surface area contributed by atoms with E-state index >= 15 is 0 Å². The van der Waals surface area contributed by atoms with Crippen molar-refractivity contribution in [2.45, 2.75) is 51.0 Å². The first kappa shape index (κ1) is 14.4. The molecule has 3 nitrogen and oxygen atoms in total. The molecule has 0 bridgehead atoms. The summed E-state index contributed by atoms with van der Waals surface area (Å²) in [6.07, 6.45) is 5.87. The zero-order chi connectivity index (χ0) is 13.7. The van der Waals surface area contributed by atoms with Crippen molar-refractivity contribution in [3.63, 3.8) is 0 Å². The van der Waals surface area contributed by atoms with Gasteiger partial charge < -0.3 is 15.6 Å². The minimum atomic E-state index is -0.721. The molecule has 106 valence electrons. The van der Waals surface area contributed by atoms with E-state index in [2.05, 4.69) is 18.2 Å². The molecule has 1 aliphatic rings. The molecular weight excluding hydrogens is 238 g/mol. The fraction of sp³-hybridized carbons (Fsp3) is 0.625. The van der Waals surface area contributed by atoms with Crippen molar-refractivity contribution >= 4 is 0 Å². The third-order valence-corrected chi connectivity index (χ3v) is 4.16. The molecule has 1 aromatic carbocycles. The molecule has 1 aliphatic carbocycles. The molecule has 19 heavy (non-hydrogen) atoms. The van der Waals surface area contributed by atoms with Crippen molar-refractivity contribution in [2.75, 3.05) is 13.2 Å². The van der Waals surface area contributed by atoms with Gasteiger partial charge in [-0.05, 0) is 61.8 Å². The molecule has 0 radical (unpaired) electrons. The lowest BCUT2D eigenvalue weighted by Crippen LogP contribution is -2.37. The molecule has 3 N–H and O–H groups in total. The Morgan fingerprint density at radius 3 is 2.84 bits per heavy atom. The smallest absolute Gasteiger partial charge is 0.119 e. The van der Waals surface area contributed by atoms with E-state index in [1.54, 1.807) is 0 Å². The number of fused-ring (bicyclic) bond motifs is 1. The second-order valence-electron chi connectivity index (χ2n) is 5.52. The Morgan fingerprint density at radius 1 is 1.32 bits per heavy atom. The second-order valence-corrected chi connectivity index (χ2v) is 5.52. The Labute approximate surface area is 115 Å². The topological polar surface area (TPSA) is 55.5 Å². The number of rotatable bonds is 7. The monoisotopic (exact) mass is 263 g/mol. The highest BCUT2D eigenvalue weighted by Gasteiger charge is 2.21. The van der Waals surface area contributed by atoms with Gasteiger partial charge in [0.1, 0.15) is 5.75 Å². The van der Waals surface area contributed by atoms with Gasteiger partial charge in [-0.15, -0.1) is 0 Å². The quantitative estimate of drug-likeness (QED) is 0.743. The molecule has 0 amide bonds. The molecule has 3 heteroatoms. The van der Waals surface area contributed by atoms with Crippen molar-refractivity contribution < 1.29 is 9.84 Å². The number of ether oxygens (including phenoxy) is 1. The van der Waals surface area contributed by atoms with Crippen LogP contribution >= 0.6 is 0 Å². The van der Waals surface area contributed by atoms with E-state index in [1.807, 2.05) is 6.92 Å². The molecule has 0 fully saturated rings. The van der Waals surface area contributed by atoms with Gasteiger partial charge in [0, 0.05) is 6.54 Å². The zero-order valence-electron chi connectivity index (χ0n) is 11.8. The Kier molecular flexibility index (Phi) is 4.83. The predicted molar refractivity (Wildman–Crippen MR) is 77.5 cm³/mol. The van der Waals surface area contributed by atoms with Crippen molar-refractivity contribution in [3.8, 4) is 5.75 Å². The minimum absolute atomic E-state index is 0.322. The van der Waals surface area contributed by atoms with Gasteiger partial charge in [0.2, 0.25) is 0 Å². The summed E-state index contributed by atoms with van der Waals surface area (Å²) in [5.74, 6) is 0.952. The molecule has 2 rings (SSSR count). The number of benzene rings is 1. The SMILES string of the molecule is CCC(O)(CN)CCCOc1ccc2c(c1)CCC2. The van der Waals surface area contributed by atoms with Gasteiger partial charge in [-0.1, -0.05) is 13.0 Å². The zero-order valence-corrected chi connectivity index (χ0v) is 11.8. The fourth-order valence-corrected chi connectivity index (χ4v) is 2.65. The lowest BCUT2D eigenvalue weighted by Gasteiger charge is -2.24. The number of aryl methyl sites for hydroxylation is 2. The molecule has 1 atom stereocenters. The first-order chi connectivity index (χ1) is 9.17. The van der Waals surface area contributed by atoms with Crippen molar-refractivity contribution in [3.05, 3.63) is 29.3 Å². The van der Waals surface area contributed by atoms with Crippen LogP contribution in [-0.2, 0) is 12.8 Å². The molecule has 0 spiro atoms. The second kappa shape index (κ2) is 6.40. The standard InChI is InChI=1S/C16H25NO2/c1-2-16(18,12-17)9-4-10-19-15-8-7-13-5-3-6-14(13)11-15/h7-8,11,18H,2-6,9-10,12,17H2,1H3. The van der Waals surface area contributed by atoms with Crippen LogP contribution < -0.4 is 10.5 Å². The van der Waals surface area contributed by atoms with E-state index in [4.69, 9.17) is 10.5 Å². The van der Waals surface area contributed by atoms with Gasteiger partial charge in [-0.25, -0.2) is 0 Å². The van der Waals surface area contributed by atoms with Gasteiger partial charge in [-0.3, -0.25) is 0 Å². The Hall–Kier alpha value is -1.06. The molecule has 1 unspecified atom stereocenters. The fourth-order valence-electron chi connectivity index (χ4n) is 2.65. The average Bonchev–Trinajstić information content (AvgIpc) is 2.91. The van der Waals surface area contributed by atoms with E-state index in [-0.39, 0.29) is 0 Å². The minimum Gasteiger partial charge on any atom is -0.494 e. The average molecular weight is 263 g/mol. The summed E-state index contributed by atoms with van der Waals surface area (Å²) in [5, 5.41) is 10.1. The third-order valence-electron chi connectivity index (χ3n) is 4.16. The van der Waals surface area contributed by atoms with E-state index in [0.29, 0.717) is 26.0 Å². The van der Waals surface area contributed by atoms with Crippen LogP contribution in [0.3, 0.4) is 0 Å². The van der Waals surface area contributed by atoms with Gasteiger partial charge in [0.05, 0.1) is 12.2 Å². The summed E-state index contributed by atoms with van der Waals surface area (Å²) >= 11 is 0. The number of nitrogens with two attached hydrogens (primary N) is 1. The van der Waals surface area contributed by atoms with Crippen molar-refractivity contribution in [2.24, 2.45) is 5.73 Å². The molecule has 0 saturated heterocycles. The Balaban J connectivity index is 1.77. The first-order valence-electron chi connectivity index (χ1n) is 7.34. The largest absolute Gasteiger partial charge is 0.494 e. The van der Waals surface area contributed by atoms with E-state index in [9.17, 15) is 5.11 Å². The van der Waals surface area contributed by atoms with Gasteiger partial charge in [0.15, 0.2) is 0 Å². The lowest BCUT2D eigenvalue weighted by atomic mass is 9.95. The van der Waals surface area contributed by atoms with Crippen LogP contribution in [-0.4, -0.2) is 23.9 Å². The number of aliphatic hydroxyl groups is 1. The van der Waals surface area contributed by atoms with Crippen LogP contribution in [0.1, 0.15) is 43.7 Å². The summed E-state index contributed by atoms with van der Waals surface area (Å²) in [5.41, 5.74) is 7.76. The summed E-state index contributed by atoms with van der Waals surface area (Å²) in [6, 6.07) is 6.40. The highest BCUT2D eigenvalue weighted by atomic mass is 16.5. The maximum Gasteiger partial charge on any atom is 0.119 e. The Morgan fingerprint density at radius 2 is 2.11 bits per heavy atom. The molecule has 0 saturated carbocycles. The van der Waals surface area contributed by atoms with Crippen LogP contribution in [0, 0.1) is 0 Å². The van der Waals surface area contributed by atoms with E-state index < -0.39 is 5.60 Å². The molecular formula is C16H25NO2. The normalized spacial score (nSPS) is 17.0. The highest BCUT2D eigenvalue weighted by Crippen LogP contribution is 2.26. The van der Waals surface area contributed by atoms with Crippen LogP contribution in [0.25, 0.3) is 0 Å². The van der Waals surface area contributed by atoms with Crippen LogP contribution in [0.2, 0.25) is 0 Å². The summed E-state index contributed by atoms with van der Waals surface area (Å²) in [6.45, 7) is 2.93. The van der Waals surface area contributed by atoms with E-state index in [0.717, 1.165) is 12.2 Å². The van der Waals surface area contributed by atoms with Crippen LogP contribution in [0.15, 0.2) is 18.2 Å². The van der Waals surface area contributed by atoms with Gasteiger partial charge in [-0.2, -0.15) is 0 Å². The molecule has 0 aliphatic heterocycles. The summed E-state index contributed by atoms with van der Waals surface area (Å²) < 4.78 is 5.76. The van der Waals surface area contributed by atoms with Gasteiger partial charge in [0.25, 0.3) is 0 Å². The van der Waals surface area contributed by atoms with E-state index in [1.165, 1.54) is 30.4 Å². The van der Waals surface area contributed by atoms with Gasteiger partial charge >= 0.3 is 0 Å². The highest BCUT2D eigenvalue weighted by molar-refractivity contribution is 5.38. The summed E-state index contributed by atoms with van der Waals surface area (Å²) in [7, 11) is 0. The van der Waals surface area contributed by atoms with Crippen molar-refractivity contribution in [1.29, 1.82) is 0 Å². The Bertz CT molecular complexity index is 413. The van der Waals surface area contributed by atoms with Crippen LogP contribution in [0.5, 0.6) is 5.75 Å². The first-order valence-corrected chi connectivity index (χ1v) is 7.34. The lowest BCUT2D eigenvalue weighted by molar-refractivity contribution is 0.0309. The van der Waals surface area contributed by atoms with Crippen molar-refractivity contribution in [1.82, 2.24) is 0 Å². The maximum absolute atomic E-state index is 10.1. The maximum atomic E-state index is 10.1. The third kappa shape index (κ3) is 3.71. The molecule has 0 heterocycles. The number of hydrogen-bond donors (Lipinski definition) is 2. The predicted octanol–water partition coefficient (Wildman–Crippen LogP) is 2.43. The molecule has 0 aromatic heterocycles. The summed E-state index contributed by atoms with van der Waals surface area (Å²) in [4.78, 5) is 0. The number of hydrogen-bond acceptors (Lipinski definition) is 3. The molecule has 1 aromatic rings.